The average Bonchev–Trinajstić information content (AvgIpc) is 2.53. The Kier molecular flexibility index (Phi) is 5.91. The molecule has 1 aliphatic heterocycles. The molecule has 0 aliphatic carbocycles. The standard InChI is InChI=1S/C15H18Cl2N2O3/c1-11-2-4-12(5-3-11)22-10-13(20)18-6-8-19(9-7-18)15(21)14(16)17/h2-5,14H,6-10H2,1H3. The summed E-state index contributed by atoms with van der Waals surface area (Å²) in [6, 6.07) is 7.53. The van der Waals surface area contributed by atoms with E-state index in [2.05, 4.69) is 0 Å². The van der Waals surface area contributed by atoms with Crippen LogP contribution in [-0.2, 0) is 9.59 Å². The van der Waals surface area contributed by atoms with E-state index in [0.29, 0.717) is 31.9 Å². The molecule has 0 atom stereocenters. The number of carbonyl (C=O) groups is 2. The fourth-order valence-corrected chi connectivity index (χ4v) is 2.46. The maximum Gasteiger partial charge on any atom is 0.260 e. The smallest absolute Gasteiger partial charge is 0.260 e. The molecule has 0 unspecified atom stereocenters. The van der Waals surface area contributed by atoms with E-state index < -0.39 is 4.84 Å². The third-order valence-corrected chi connectivity index (χ3v) is 3.89. The molecule has 1 saturated heterocycles. The minimum absolute atomic E-state index is 0.00928. The Hall–Kier alpha value is -1.46. The first-order valence-electron chi connectivity index (χ1n) is 7.01. The third-order valence-electron chi connectivity index (χ3n) is 3.51. The van der Waals surface area contributed by atoms with Crippen LogP contribution in [0.4, 0.5) is 0 Å². The fourth-order valence-electron chi connectivity index (χ4n) is 2.19. The second-order valence-corrected chi connectivity index (χ2v) is 6.20. The molecule has 22 heavy (non-hydrogen) atoms. The van der Waals surface area contributed by atoms with Crippen LogP contribution in [0.3, 0.4) is 0 Å². The lowest BCUT2D eigenvalue weighted by Gasteiger charge is -2.34. The molecule has 7 heteroatoms. The Bertz CT molecular complexity index is 526. The Balaban J connectivity index is 1.77. The molecule has 1 aromatic rings. The van der Waals surface area contributed by atoms with Gasteiger partial charge in [-0.15, -0.1) is 0 Å². The third kappa shape index (κ3) is 4.52. The number of amides is 2. The van der Waals surface area contributed by atoms with Crippen molar-refractivity contribution >= 4 is 35.0 Å². The second-order valence-electron chi connectivity index (χ2n) is 5.11. The summed E-state index contributed by atoms with van der Waals surface area (Å²) >= 11 is 11.1. The Morgan fingerprint density at radius 2 is 1.64 bits per heavy atom. The zero-order chi connectivity index (χ0) is 16.1. The molecule has 120 valence electrons. The van der Waals surface area contributed by atoms with Gasteiger partial charge in [-0.25, -0.2) is 0 Å². The van der Waals surface area contributed by atoms with E-state index in [9.17, 15) is 9.59 Å². The quantitative estimate of drug-likeness (QED) is 0.783. The van der Waals surface area contributed by atoms with E-state index in [0.717, 1.165) is 5.56 Å². The fraction of sp³-hybridized carbons (Fsp3) is 0.467. The normalized spacial score (nSPS) is 15.1. The number of rotatable bonds is 4. The van der Waals surface area contributed by atoms with Crippen molar-refractivity contribution in [2.45, 2.75) is 11.8 Å². The van der Waals surface area contributed by atoms with Gasteiger partial charge < -0.3 is 14.5 Å². The minimum Gasteiger partial charge on any atom is -0.484 e. The lowest BCUT2D eigenvalue weighted by atomic mass is 10.2. The predicted molar refractivity (Wildman–Crippen MR) is 85.3 cm³/mol. The number of alkyl halides is 2. The average molecular weight is 345 g/mol. The van der Waals surface area contributed by atoms with Crippen molar-refractivity contribution in [3.63, 3.8) is 0 Å². The summed E-state index contributed by atoms with van der Waals surface area (Å²) in [4.78, 5) is 25.9. The van der Waals surface area contributed by atoms with E-state index in [1.54, 1.807) is 9.80 Å². The zero-order valence-electron chi connectivity index (χ0n) is 12.3. The molecule has 0 N–H and O–H groups in total. The number of benzene rings is 1. The number of aryl methyl sites for hydroxylation is 1. The number of piperazine rings is 1. The van der Waals surface area contributed by atoms with Gasteiger partial charge in [0.1, 0.15) is 5.75 Å². The van der Waals surface area contributed by atoms with Crippen LogP contribution in [-0.4, -0.2) is 59.2 Å². The molecule has 0 aromatic heterocycles. The molecular weight excluding hydrogens is 327 g/mol. The van der Waals surface area contributed by atoms with Gasteiger partial charge >= 0.3 is 0 Å². The van der Waals surface area contributed by atoms with E-state index in [1.807, 2.05) is 31.2 Å². The molecule has 0 bridgehead atoms. The first kappa shape index (κ1) is 16.9. The maximum atomic E-state index is 12.1. The lowest BCUT2D eigenvalue weighted by molar-refractivity contribution is -0.139. The molecule has 1 heterocycles. The van der Waals surface area contributed by atoms with E-state index in [1.165, 1.54) is 0 Å². The van der Waals surface area contributed by atoms with Gasteiger partial charge in [0, 0.05) is 26.2 Å². The molecular formula is C15H18Cl2N2O3. The number of hydrogen-bond donors (Lipinski definition) is 0. The molecule has 5 nitrogen and oxygen atoms in total. The first-order valence-corrected chi connectivity index (χ1v) is 7.89. The zero-order valence-corrected chi connectivity index (χ0v) is 13.8. The van der Waals surface area contributed by atoms with Crippen molar-refractivity contribution in [3.05, 3.63) is 29.8 Å². The van der Waals surface area contributed by atoms with Gasteiger partial charge in [-0.05, 0) is 19.1 Å². The largest absolute Gasteiger partial charge is 0.484 e. The predicted octanol–water partition coefficient (Wildman–Crippen LogP) is 1.85. The van der Waals surface area contributed by atoms with Crippen molar-refractivity contribution in [3.8, 4) is 5.75 Å². The van der Waals surface area contributed by atoms with Crippen LogP contribution < -0.4 is 4.74 Å². The van der Waals surface area contributed by atoms with Crippen LogP contribution in [0.5, 0.6) is 5.75 Å². The van der Waals surface area contributed by atoms with Crippen LogP contribution in [0, 0.1) is 6.92 Å². The van der Waals surface area contributed by atoms with Crippen LogP contribution in [0.15, 0.2) is 24.3 Å². The lowest BCUT2D eigenvalue weighted by Crippen LogP contribution is -2.52. The highest BCUT2D eigenvalue weighted by atomic mass is 35.5. The van der Waals surface area contributed by atoms with Crippen molar-refractivity contribution in [2.24, 2.45) is 0 Å². The summed E-state index contributed by atoms with van der Waals surface area (Å²) in [5, 5.41) is 0. The van der Waals surface area contributed by atoms with Crippen molar-refractivity contribution in [1.82, 2.24) is 9.80 Å². The highest BCUT2D eigenvalue weighted by Gasteiger charge is 2.26. The summed E-state index contributed by atoms with van der Waals surface area (Å²) < 4.78 is 5.47. The minimum atomic E-state index is -1.05. The summed E-state index contributed by atoms with van der Waals surface area (Å²) in [7, 11) is 0. The molecule has 1 fully saturated rings. The SMILES string of the molecule is Cc1ccc(OCC(=O)N2CCN(C(=O)C(Cl)Cl)CC2)cc1. The van der Waals surface area contributed by atoms with Gasteiger partial charge in [0.15, 0.2) is 11.4 Å². The van der Waals surface area contributed by atoms with Crippen molar-refractivity contribution in [2.75, 3.05) is 32.8 Å². The van der Waals surface area contributed by atoms with Gasteiger partial charge in [0.25, 0.3) is 11.8 Å². The summed E-state index contributed by atoms with van der Waals surface area (Å²) in [6.45, 7) is 3.77. The van der Waals surface area contributed by atoms with E-state index >= 15 is 0 Å². The Morgan fingerprint density at radius 3 is 2.18 bits per heavy atom. The first-order chi connectivity index (χ1) is 10.5. The number of nitrogens with zero attached hydrogens (tertiary/aromatic N) is 2. The number of hydrogen-bond acceptors (Lipinski definition) is 3. The second kappa shape index (κ2) is 7.70. The van der Waals surface area contributed by atoms with Crippen LogP contribution in [0.2, 0.25) is 0 Å². The summed E-state index contributed by atoms with van der Waals surface area (Å²) in [6.07, 6.45) is 0. The van der Waals surface area contributed by atoms with Gasteiger partial charge in [-0.2, -0.15) is 0 Å². The molecule has 2 rings (SSSR count). The highest BCUT2D eigenvalue weighted by molar-refractivity contribution is 6.53. The number of carbonyl (C=O) groups excluding carboxylic acids is 2. The van der Waals surface area contributed by atoms with Crippen molar-refractivity contribution < 1.29 is 14.3 Å². The topological polar surface area (TPSA) is 49.9 Å². The van der Waals surface area contributed by atoms with Crippen LogP contribution in [0.25, 0.3) is 0 Å². The highest BCUT2D eigenvalue weighted by Crippen LogP contribution is 2.13. The number of ether oxygens (including phenoxy) is 1. The van der Waals surface area contributed by atoms with Gasteiger partial charge in [-0.3, -0.25) is 9.59 Å². The molecule has 1 aliphatic rings. The summed E-state index contributed by atoms with van der Waals surface area (Å²) in [5.74, 6) is 0.257. The summed E-state index contributed by atoms with van der Waals surface area (Å²) in [5.41, 5.74) is 1.14. The van der Waals surface area contributed by atoms with Gasteiger partial charge in [0.05, 0.1) is 0 Å². The molecule has 0 spiro atoms. The molecule has 1 aromatic carbocycles. The Labute approximate surface area is 139 Å². The van der Waals surface area contributed by atoms with E-state index in [4.69, 9.17) is 27.9 Å². The molecule has 0 radical (unpaired) electrons. The maximum absolute atomic E-state index is 12.1. The number of halogens is 2. The molecule has 2 amide bonds. The monoisotopic (exact) mass is 344 g/mol. The van der Waals surface area contributed by atoms with Crippen LogP contribution >= 0.6 is 23.2 Å². The molecule has 0 saturated carbocycles. The Morgan fingerprint density at radius 1 is 1.09 bits per heavy atom. The van der Waals surface area contributed by atoms with Gasteiger partial charge in [0.2, 0.25) is 0 Å². The van der Waals surface area contributed by atoms with Crippen molar-refractivity contribution in [1.29, 1.82) is 0 Å². The van der Waals surface area contributed by atoms with Crippen LogP contribution in [0.1, 0.15) is 5.56 Å². The van der Waals surface area contributed by atoms with Gasteiger partial charge in [-0.1, -0.05) is 40.9 Å². The van der Waals surface area contributed by atoms with E-state index in [-0.39, 0.29) is 18.4 Å².